The fourth-order valence-corrected chi connectivity index (χ4v) is 14.9. The minimum atomic E-state index is -2.27. The van der Waals surface area contributed by atoms with Crippen molar-refractivity contribution >= 4 is 82.4 Å². The van der Waals surface area contributed by atoms with Crippen LogP contribution in [0.5, 0.6) is 0 Å². The average molecular weight is 1150 g/mol. The Hall–Kier alpha value is -9.45. The molecule has 17 rings (SSSR count). The van der Waals surface area contributed by atoms with Gasteiger partial charge in [-0.05, 0) is 162 Å². The maximum atomic E-state index is 8.38. The molecule has 0 fully saturated rings. The Morgan fingerprint density at radius 2 is 1.06 bits per heavy atom. The summed E-state index contributed by atoms with van der Waals surface area (Å²) in [6.45, 7) is 10.3. The predicted molar refractivity (Wildman–Crippen MR) is 352 cm³/mol. The summed E-state index contributed by atoms with van der Waals surface area (Å²) in [5.41, 5.74) is 24.6. The molecule has 3 aliphatic rings. The van der Waals surface area contributed by atoms with Crippen LogP contribution in [0.25, 0.3) is 116 Å². The summed E-state index contributed by atoms with van der Waals surface area (Å²) in [5, 5.41) is 6.73. The highest BCUT2D eigenvalue weighted by atomic mass is 32.1. The van der Waals surface area contributed by atoms with E-state index < -0.39 is 13.7 Å². The number of benzene rings is 7. The van der Waals surface area contributed by atoms with E-state index in [0.29, 0.717) is 40.9 Å². The molecule has 0 unspecified atom stereocenters. The van der Waals surface area contributed by atoms with Crippen molar-refractivity contribution in [3.05, 3.63) is 225 Å². The van der Waals surface area contributed by atoms with Crippen molar-refractivity contribution in [3.63, 3.8) is 0 Å². The Bertz CT molecular complexity index is 5500. The molecule has 3 aliphatic heterocycles. The molecule has 0 N–H and O–H groups in total. The Morgan fingerprint density at radius 3 is 1.69 bits per heavy atom. The van der Waals surface area contributed by atoms with Gasteiger partial charge in [0.05, 0.1) is 73.4 Å². The number of imidazole rings is 3. The predicted octanol–water partition coefficient (Wildman–Crippen LogP) is 15.6. The quantitative estimate of drug-likeness (QED) is 0.165. The zero-order valence-corrected chi connectivity index (χ0v) is 50.9. The minimum Gasteiger partial charge on any atom is -0.303 e. The molecule has 0 spiro atoms. The SMILES string of the molecule is Cc1c(-c2c3scc(C(C)C)c3nc[n+]2C)cc2c(nc3n2C=CC3)c1C.[2H]C([2H])([2H])c1c(C)c(-c2c3ccc(C)cc3cc[n+]2C)cc2c1nc1n2-c2ccccc2C1.[2H]C([2H])([2H])c1c(C)c(-c2c3ccccc3cc[n+]2C)cc2c1nc1n2-c2ccccc2C1. The van der Waals surface area contributed by atoms with Gasteiger partial charge in [0.15, 0.2) is 18.1 Å². The number of fused-ring (bicyclic) bond motifs is 16. The van der Waals surface area contributed by atoms with Crippen LogP contribution in [0.4, 0.5) is 0 Å². The molecular formula is C75H69N10S+3. The highest BCUT2D eigenvalue weighted by Crippen LogP contribution is 2.42. The lowest BCUT2D eigenvalue weighted by atomic mass is 9.95. The Kier molecular flexibility index (Phi) is 11.0. The number of hydrogen-bond donors (Lipinski definition) is 0. The van der Waals surface area contributed by atoms with Crippen LogP contribution in [0.15, 0.2) is 152 Å². The van der Waals surface area contributed by atoms with E-state index in [-0.39, 0.29) is 0 Å². The zero-order valence-electron chi connectivity index (χ0n) is 56.1. The van der Waals surface area contributed by atoms with Gasteiger partial charge in [0.25, 0.3) is 6.33 Å². The first-order valence-electron chi connectivity index (χ1n) is 32.5. The topological polar surface area (TPSA) is 78.0 Å². The van der Waals surface area contributed by atoms with Crippen molar-refractivity contribution in [2.45, 2.75) is 87.4 Å². The van der Waals surface area contributed by atoms with Gasteiger partial charge in [-0.25, -0.2) is 28.7 Å². The molecule has 0 saturated heterocycles. The molecule has 0 bridgehead atoms. The first-order chi connectivity index (χ1) is 44.0. The van der Waals surface area contributed by atoms with E-state index in [2.05, 4.69) is 172 Å². The van der Waals surface area contributed by atoms with E-state index >= 15 is 0 Å². The third-order valence-electron chi connectivity index (χ3n) is 18.3. The Balaban J connectivity index is 0.000000115. The van der Waals surface area contributed by atoms with Crippen molar-refractivity contribution < 1.29 is 21.9 Å². The zero-order chi connectivity index (χ0) is 64.1. The van der Waals surface area contributed by atoms with Gasteiger partial charge >= 0.3 is 0 Å². The van der Waals surface area contributed by atoms with Gasteiger partial charge in [0, 0.05) is 56.9 Å². The Labute approximate surface area is 513 Å². The summed E-state index contributed by atoms with van der Waals surface area (Å²) in [4.78, 5) is 19.4. The van der Waals surface area contributed by atoms with Crippen molar-refractivity contribution in [3.8, 4) is 45.1 Å². The standard InChI is InChI=1S/C27H24N3.C26H22N3.C22H23N4S/c1-16-9-10-21-19(13-16)11-12-29(4)27(21)22-15-24-26(18(3)17(22)2)28-25-14-20-7-5-6-8-23(20)30(24)25;1-16-17(2)25-23(29-22-11-7-5-9-19(22)14-24(29)27-25)15-21(16)26-20-10-6-4-8-18(20)12-13-28(26)3;1-12(2)16-10-27-22-20(16)23-11-25(5)21(22)15-9-17-19(14(4)13(15)3)24-18-7-6-8-26(17)18/h5-13,15H,14H2,1-4H3;4-13,15H,14H2,1-3H3;6,8-12H,7H2,1-5H3/q3*+1/i3D3;2D3;. The summed E-state index contributed by atoms with van der Waals surface area (Å²) in [5.74, 6) is 3.39. The first-order valence-corrected chi connectivity index (χ1v) is 30.4. The average Bonchev–Trinajstić information content (AvgIpc) is 1.52. The van der Waals surface area contributed by atoms with Gasteiger partial charge in [0.1, 0.15) is 36.3 Å². The maximum Gasteiger partial charge on any atom is 0.287 e. The van der Waals surface area contributed by atoms with Gasteiger partial charge in [0.2, 0.25) is 16.9 Å². The number of para-hydroxylation sites is 2. The number of hydrogen-bond acceptors (Lipinski definition) is 5. The largest absolute Gasteiger partial charge is 0.303 e. The van der Waals surface area contributed by atoms with E-state index in [1.807, 2.05) is 83.1 Å². The van der Waals surface area contributed by atoms with Crippen molar-refractivity contribution in [1.82, 2.24) is 33.6 Å². The second-order valence-corrected chi connectivity index (χ2v) is 24.8. The fourth-order valence-electron chi connectivity index (χ4n) is 13.7. The highest BCUT2D eigenvalue weighted by Gasteiger charge is 2.30. The van der Waals surface area contributed by atoms with E-state index in [4.69, 9.17) is 28.2 Å². The van der Waals surface area contributed by atoms with Gasteiger partial charge < -0.3 is 4.57 Å². The summed E-state index contributed by atoms with van der Waals surface area (Å²) < 4.78 is 64.3. The van der Waals surface area contributed by atoms with Crippen molar-refractivity contribution in [2.24, 2.45) is 21.1 Å². The Morgan fingerprint density at radius 1 is 0.523 bits per heavy atom. The maximum absolute atomic E-state index is 8.38. The third-order valence-corrected chi connectivity index (χ3v) is 19.3. The summed E-state index contributed by atoms with van der Waals surface area (Å²) >= 11 is 1.81. The van der Waals surface area contributed by atoms with Crippen LogP contribution in [0.2, 0.25) is 0 Å². The molecule has 10 heterocycles. The fraction of sp³-hybridized carbons (Fsp3) is 0.213. The van der Waals surface area contributed by atoms with Crippen molar-refractivity contribution in [1.29, 1.82) is 0 Å². The molecule has 0 saturated carbocycles. The third kappa shape index (κ3) is 8.14. The van der Waals surface area contributed by atoms with Crippen LogP contribution in [0, 0.1) is 48.3 Å². The van der Waals surface area contributed by atoms with Crippen LogP contribution in [0.3, 0.4) is 0 Å². The normalized spacial score (nSPS) is 14.1. The molecular weight excluding hydrogens is 1070 g/mol. The molecule has 0 radical (unpaired) electrons. The van der Waals surface area contributed by atoms with Crippen LogP contribution in [0.1, 0.15) is 101 Å². The van der Waals surface area contributed by atoms with E-state index in [1.54, 1.807) is 11.3 Å². The number of aryl methyl sites for hydroxylation is 7. The molecule has 0 atom stereocenters. The molecule has 14 aromatic rings. The smallest absolute Gasteiger partial charge is 0.287 e. The lowest BCUT2D eigenvalue weighted by Gasteiger charge is -2.12. The van der Waals surface area contributed by atoms with Gasteiger partial charge in [-0.3, -0.25) is 9.13 Å². The molecule has 0 amide bonds. The highest BCUT2D eigenvalue weighted by molar-refractivity contribution is 7.17. The van der Waals surface area contributed by atoms with Crippen molar-refractivity contribution in [2.75, 3.05) is 0 Å². The van der Waals surface area contributed by atoms with Crippen LogP contribution in [-0.4, -0.2) is 33.6 Å². The number of allylic oxidation sites excluding steroid dienone is 1. The van der Waals surface area contributed by atoms with Gasteiger partial charge in [-0.2, -0.15) is 0 Å². The number of thiophene rings is 1. The van der Waals surface area contributed by atoms with E-state index in [0.717, 1.165) is 113 Å². The van der Waals surface area contributed by atoms with Gasteiger partial charge in [-0.1, -0.05) is 92.2 Å². The monoisotopic (exact) mass is 1150 g/mol. The minimum absolute atomic E-state index is 0.345. The van der Waals surface area contributed by atoms with E-state index in [9.17, 15) is 0 Å². The number of aromatic nitrogens is 10. The number of pyridine rings is 2. The summed E-state index contributed by atoms with van der Waals surface area (Å²) in [6, 6.07) is 41.9. The van der Waals surface area contributed by atoms with Gasteiger partial charge in [-0.15, -0.1) is 11.3 Å². The van der Waals surface area contributed by atoms with Crippen LogP contribution >= 0.6 is 11.3 Å². The molecule has 11 heteroatoms. The van der Waals surface area contributed by atoms with Crippen LogP contribution in [-0.2, 0) is 40.4 Å². The van der Waals surface area contributed by atoms with Crippen LogP contribution < -0.4 is 13.7 Å². The molecule has 7 aromatic carbocycles. The molecule has 7 aromatic heterocycles. The second-order valence-electron chi connectivity index (χ2n) is 23.9. The number of nitrogens with zero attached hydrogens (tertiary/aromatic N) is 10. The summed E-state index contributed by atoms with van der Waals surface area (Å²) in [7, 11) is 6.12. The lowest BCUT2D eigenvalue weighted by molar-refractivity contribution is -0.662. The second kappa shape index (κ2) is 20.1. The molecule has 10 nitrogen and oxygen atoms in total. The summed E-state index contributed by atoms with van der Waals surface area (Å²) in [6.07, 6.45) is 12.7. The molecule has 422 valence electrons. The molecule has 0 aliphatic carbocycles. The lowest BCUT2D eigenvalue weighted by Crippen LogP contribution is -2.31. The molecule has 86 heavy (non-hydrogen) atoms. The van der Waals surface area contributed by atoms with E-state index in [1.165, 1.54) is 54.9 Å². The first kappa shape index (κ1) is 46.9. The number of rotatable bonds is 4.